The van der Waals surface area contributed by atoms with Crippen LogP contribution >= 0.6 is 0 Å². The molecule has 0 spiro atoms. The zero-order valence-electron chi connectivity index (χ0n) is 14.7. The largest absolute Gasteiger partial charge is 1.00 e. The Bertz CT molecular complexity index is 820. The summed E-state index contributed by atoms with van der Waals surface area (Å²) in [6, 6.07) is 16.8. The van der Waals surface area contributed by atoms with Crippen molar-refractivity contribution in [1.29, 1.82) is 0 Å². The fourth-order valence-corrected chi connectivity index (χ4v) is 3.18. The van der Waals surface area contributed by atoms with Gasteiger partial charge in [0.25, 0.3) is 0 Å². The molecule has 0 fully saturated rings. The molecule has 0 nitrogen and oxygen atoms in total. The second kappa shape index (κ2) is 10.1. The minimum Gasteiger partial charge on any atom is -1.00 e. The maximum absolute atomic E-state index is 3.65. The van der Waals surface area contributed by atoms with Gasteiger partial charge < -0.3 is 24.8 Å². The van der Waals surface area contributed by atoms with E-state index in [2.05, 4.69) is 80.7 Å². The van der Waals surface area contributed by atoms with Gasteiger partial charge in [0.15, 0.2) is 0 Å². The summed E-state index contributed by atoms with van der Waals surface area (Å²) in [5.74, 6) is 0.425. The summed E-state index contributed by atoms with van der Waals surface area (Å²) in [5, 5.41) is 0. The molecule has 0 radical (unpaired) electrons. The van der Waals surface area contributed by atoms with Crippen LogP contribution in [0.15, 0.2) is 60.2 Å². The van der Waals surface area contributed by atoms with Crippen LogP contribution in [0.1, 0.15) is 29.5 Å². The van der Waals surface area contributed by atoms with Crippen LogP contribution in [0, 0.1) is 6.07 Å². The van der Waals surface area contributed by atoms with E-state index in [1.807, 2.05) is 0 Å². The number of hydrogen-bond acceptors (Lipinski definition) is 0. The average molecular weight is 464 g/mol. The third-order valence-corrected chi connectivity index (χ3v) is 4.21. The first kappa shape index (κ1) is 22.6. The third-order valence-electron chi connectivity index (χ3n) is 4.21. The molecule has 128 valence electrons. The van der Waals surface area contributed by atoms with Gasteiger partial charge in [0.2, 0.25) is 0 Å². The van der Waals surface area contributed by atoms with E-state index in [0.717, 1.165) is 6.42 Å². The summed E-state index contributed by atoms with van der Waals surface area (Å²) >= 11 is 1.74. The number of hydrogen-bond donors (Lipinski definition) is 0. The van der Waals surface area contributed by atoms with E-state index < -0.39 is 0 Å². The maximum atomic E-state index is 3.65. The Balaban J connectivity index is 0.000000476. The molecule has 1 unspecified atom stereocenters. The van der Waals surface area contributed by atoms with Gasteiger partial charge in [-0.05, 0) is 13.3 Å². The molecule has 2 aliphatic rings. The molecular weight excluding hydrogens is 442 g/mol. The summed E-state index contributed by atoms with van der Waals surface area (Å²) < 4.78 is 0. The molecule has 0 heterocycles. The van der Waals surface area contributed by atoms with Crippen molar-refractivity contribution in [2.75, 3.05) is 0 Å². The topological polar surface area (TPSA) is 0 Å². The van der Waals surface area contributed by atoms with Gasteiger partial charge >= 0.3 is 41.9 Å². The Hall–Kier alpha value is -0.400. The number of halogens is 2. The second-order valence-electron chi connectivity index (χ2n) is 6.41. The molecule has 0 aromatic heterocycles. The van der Waals surface area contributed by atoms with Crippen molar-refractivity contribution in [3.63, 3.8) is 0 Å². The Morgan fingerprint density at radius 1 is 1.04 bits per heavy atom. The summed E-state index contributed by atoms with van der Waals surface area (Å²) in [7, 11) is 0. The average Bonchev–Trinajstić information content (AvgIpc) is 3.09. The fourth-order valence-electron chi connectivity index (χ4n) is 3.18. The first-order valence-corrected chi connectivity index (χ1v) is 14.2. The number of rotatable bonds is 1. The minimum atomic E-state index is 0. The van der Waals surface area contributed by atoms with Crippen molar-refractivity contribution in [3.05, 3.63) is 83.0 Å². The molecule has 0 amide bonds. The number of benzene rings is 2. The van der Waals surface area contributed by atoms with E-state index in [1.54, 1.807) is 23.3 Å². The van der Waals surface area contributed by atoms with Gasteiger partial charge in [-0.15, -0.1) is 11.1 Å². The maximum Gasteiger partial charge on any atom is -1.00 e. The standard InChI is InChI=1S/C19H15.C2H6Si.2ClH.Zr/c1-13-5-4-8-17(13)15-9-10-19-16(12-15)11-14-6-2-3-7-18(14)19;1-3-2;;;/h2-10,17H,11H2,1H3;1-2H3;2*1H;/q-1;;;;+2/p-2. The van der Waals surface area contributed by atoms with Crippen LogP contribution in [0.3, 0.4) is 0 Å². The quantitative estimate of drug-likeness (QED) is 0.336. The van der Waals surface area contributed by atoms with Crippen LogP contribution in [0.4, 0.5) is 0 Å². The Morgan fingerprint density at radius 2 is 1.72 bits per heavy atom. The normalized spacial score (nSPS) is 15.7. The van der Waals surface area contributed by atoms with Crippen LogP contribution in [0.2, 0.25) is 13.1 Å². The van der Waals surface area contributed by atoms with Gasteiger partial charge in [0, 0.05) is 5.92 Å². The van der Waals surface area contributed by atoms with Crippen molar-refractivity contribution < 1.29 is 48.1 Å². The van der Waals surface area contributed by atoms with Crippen molar-refractivity contribution in [2.24, 2.45) is 0 Å². The van der Waals surface area contributed by atoms with Gasteiger partial charge in [0.05, 0.1) is 0 Å². The molecule has 2 aromatic rings. The zero-order chi connectivity index (χ0) is 16.4. The summed E-state index contributed by atoms with van der Waals surface area (Å²) in [4.78, 5) is 0. The Kier molecular flexibility index (Phi) is 9.12. The van der Waals surface area contributed by atoms with Crippen molar-refractivity contribution >= 4 is 5.43 Å². The Labute approximate surface area is 179 Å². The molecule has 25 heavy (non-hydrogen) atoms. The molecule has 0 N–H and O–H groups in total. The predicted octanol–water partition coefficient (Wildman–Crippen LogP) is -0.550. The molecule has 2 aromatic carbocycles. The Morgan fingerprint density at radius 3 is 2.36 bits per heavy atom. The molecule has 4 heteroatoms. The molecule has 1 atom stereocenters. The van der Waals surface area contributed by atoms with E-state index in [-0.39, 0.29) is 30.2 Å². The van der Waals surface area contributed by atoms with Crippen LogP contribution < -0.4 is 24.8 Å². The van der Waals surface area contributed by atoms with Crippen molar-refractivity contribution in [3.8, 4) is 11.1 Å². The van der Waals surface area contributed by atoms with Gasteiger partial charge in [-0.1, -0.05) is 59.2 Å². The summed E-state index contributed by atoms with van der Waals surface area (Å²) in [6.07, 6.45) is 7.63. The first-order chi connectivity index (χ1) is 11.1. The van der Waals surface area contributed by atoms with E-state index in [4.69, 9.17) is 0 Å². The minimum absolute atomic E-state index is 0. The van der Waals surface area contributed by atoms with Gasteiger partial charge in [-0.2, -0.15) is 23.8 Å². The SMILES string of the molecule is CC1=CC=CC1c1[c-]c2c(cc1)-c1ccccc1C2.C[Si](C)=[Zr+2].[Cl-].[Cl-]. The third kappa shape index (κ3) is 5.30. The number of allylic oxidation sites excluding steroid dienone is 4. The molecule has 0 saturated heterocycles. The van der Waals surface area contributed by atoms with Gasteiger partial charge in [0.1, 0.15) is 0 Å². The monoisotopic (exact) mass is 461 g/mol. The van der Waals surface area contributed by atoms with Crippen molar-refractivity contribution in [2.45, 2.75) is 32.4 Å². The zero-order valence-corrected chi connectivity index (χ0v) is 19.7. The van der Waals surface area contributed by atoms with Crippen molar-refractivity contribution in [1.82, 2.24) is 0 Å². The summed E-state index contributed by atoms with van der Waals surface area (Å²) in [6.45, 7) is 6.81. The van der Waals surface area contributed by atoms with E-state index in [1.165, 1.54) is 33.4 Å². The molecule has 4 rings (SSSR count). The van der Waals surface area contributed by atoms with E-state index >= 15 is 0 Å². The van der Waals surface area contributed by atoms with Gasteiger partial charge in [-0.3, -0.25) is 0 Å². The summed E-state index contributed by atoms with van der Waals surface area (Å²) in [5.41, 5.74) is 8.45. The van der Waals surface area contributed by atoms with Crippen LogP contribution in [-0.2, 0) is 29.8 Å². The smallest absolute Gasteiger partial charge is 1.00 e. The second-order valence-corrected chi connectivity index (χ2v) is 15.8. The van der Waals surface area contributed by atoms with Crippen LogP contribution in [0.5, 0.6) is 0 Å². The first-order valence-electron chi connectivity index (χ1n) is 8.06. The molecule has 0 saturated carbocycles. The predicted molar refractivity (Wildman–Crippen MR) is 96.6 cm³/mol. The van der Waals surface area contributed by atoms with E-state index in [9.17, 15) is 0 Å². The van der Waals surface area contributed by atoms with E-state index in [0.29, 0.717) is 5.92 Å². The fraction of sp³-hybridized carbons (Fsp3) is 0.238. The molecule has 0 bridgehead atoms. The molecule has 2 aliphatic carbocycles. The van der Waals surface area contributed by atoms with Gasteiger partial charge in [-0.25, -0.2) is 0 Å². The molecular formula is C21H21Cl2SiZr-. The van der Waals surface area contributed by atoms with Crippen LogP contribution in [-0.4, -0.2) is 5.43 Å². The number of fused-ring (bicyclic) bond motifs is 3. The van der Waals surface area contributed by atoms with Crippen LogP contribution in [0.25, 0.3) is 11.1 Å². The molecule has 0 aliphatic heterocycles.